The van der Waals surface area contributed by atoms with Crippen LogP contribution in [0, 0.1) is 30.3 Å². The number of para-hydroxylation sites is 1. The summed E-state index contributed by atoms with van der Waals surface area (Å²) in [6, 6.07) is 16.2. The molecular weight excluding hydrogens is 540 g/mol. The second kappa shape index (κ2) is 9.71. The highest BCUT2D eigenvalue weighted by molar-refractivity contribution is 9.10. The van der Waals surface area contributed by atoms with Crippen LogP contribution in [0.1, 0.15) is 11.1 Å². The number of benzene rings is 3. The highest BCUT2D eigenvalue weighted by atomic mass is 79.9. The average Bonchev–Trinajstić information content (AvgIpc) is 3.34. The van der Waals surface area contributed by atoms with Crippen molar-refractivity contribution in [3.05, 3.63) is 125 Å². The number of aromatic nitrogens is 3. The van der Waals surface area contributed by atoms with Crippen molar-refractivity contribution < 1.29 is 24.4 Å². The lowest BCUT2D eigenvalue weighted by molar-refractivity contribution is -0.596. The molecule has 0 saturated carbocycles. The van der Waals surface area contributed by atoms with Crippen molar-refractivity contribution in [1.29, 1.82) is 0 Å². The number of non-ortho nitro benzene ring substituents is 1. The van der Waals surface area contributed by atoms with Gasteiger partial charge in [-0.25, -0.2) is 4.57 Å². The summed E-state index contributed by atoms with van der Waals surface area (Å²) in [5.74, 6) is -0.578. The molecule has 0 aliphatic carbocycles. The molecule has 0 spiro atoms. The molecule has 4 aromatic rings. The summed E-state index contributed by atoms with van der Waals surface area (Å²) >= 11 is 3.27. The zero-order valence-corrected chi connectivity index (χ0v) is 19.5. The predicted molar refractivity (Wildman–Crippen MR) is 129 cm³/mol. The molecule has 1 heterocycles. The van der Waals surface area contributed by atoms with E-state index in [-0.39, 0.29) is 5.56 Å². The Morgan fingerprint density at radius 3 is 2.00 bits per heavy atom. The second-order valence-electron chi connectivity index (χ2n) is 7.27. The highest BCUT2D eigenvalue weighted by Gasteiger charge is 2.38. The summed E-state index contributed by atoms with van der Waals surface area (Å²) in [7, 11) is 0. The summed E-state index contributed by atoms with van der Waals surface area (Å²) in [5, 5.41) is 50.7. The molecule has 180 valence electrons. The van der Waals surface area contributed by atoms with Gasteiger partial charge in [0.15, 0.2) is 11.3 Å². The van der Waals surface area contributed by atoms with Crippen molar-refractivity contribution in [1.82, 2.24) is 9.78 Å². The number of hydrogen-bond donors (Lipinski definition) is 1. The minimum absolute atomic E-state index is 0.164. The zero-order valence-electron chi connectivity index (χ0n) is 18.0. The van der Waals surface area contributed by atoms with Crippen LogP contribution in [0.4, 0.5) is 17.1 Å². The molecule has 36 heavy (non-hydrogen) atoms. The molecule has 1 N–H and O–H groups in total. The third-order valence-corrected chi connectivity index (χ3v) is 5.61. The first-order valence-corrected chi connectivity index (χ1v) is 10.8. The number of nitro groups is 3. The summed E-state index contributed by atoms with van der Waals surface area (Å²) in [5.41, 5.74) is -3.00. The normalized spacial score (nSPS) is 11.6. The number of hydrogen-bond acceptors (Lipinski definition) is 8. The molecule has 0 bridgehead atoms. The van der Waals surface area contributed by atoms with Crippen LogP contribution in [-0.2, 0) is 0 Å². The van der Waals surface area contributed by atoms with E-state index in [9.17, 15) is 35.4 Å². The minimum Gasteiger partial charge on any atom is -0.504 e. The summed E-state index contributed by atoms with van der Waals surface area (Å²) < 4.78 is 3.23. The lowest BCUT2D eigenvalue weighted by Gasteiger charge is -2.09. The van der Waals surface area contributed by atoms with Crippen molar-refractivity contribution >= 4 is 44.4 Å². The topological polar surface area (TPSA) is 171 Å². The monoisotopic (exact) mass is 553 g/mol. The quantitative estimate of drug-likeness (QED) is 0.114. The van der Waals surface area contributed by atoms with Gasteiger partial charge in [-0.05, 0) is 24.3 Å². The number of nitrogens with zero attached hydrogens (tertiary/aromatic N) is 6. The van der Waals surface area contributed by atoms with Crippen molar-refractivity contribution in [2.45, 2.75) is 0 Å². The van der Waals surface area contributed by atoms with E-state index < -0.39 is 48.9 Å². The number of halogens is 1. The lowest BCUT2D eigenvalue weighted by Crippen LogP contribution is -2.27. The highest BCUT2D eigenvalue weighted by Crippen LogP contribution is 2.41. The number of nitro benzene ring substituents is 3. The third kappa shape index (κ3) is 4.65. The maximum Gasteiger partial charge on any atom is 0.294 e. The van der Waals surface area contributed by atoms with Crippen molar-refractivity contribution in [2.75, 3.05) is 0 Å². The van der Waals surface area contributed by atoms with Gasteiger partial charge in [0.1, 0.15) is 5.69 Å². The summed E-state index contributed by atoms with van der Waals surface area (Å²) in [6.45, 7) is 0. The lowest BCUT2D eigenvalue weighted by atomic mass is 10.0. The second-order valence-corrected chi connectivity index (χ2v) is 8.18. The number of aliphatic hydroxyl groups excluding tert-OH is 1. The molecule has 0 aliphatic heterocycles. The van der Waals surface area contributed by atoms with Crippen molar-refractivity contribution in [2.24, 2.45) is 0 Å². The fourth-order valence-electron chi connectivity index (χ4n) is 3.46. The summed E-state index contributed by atoms with van der Waals surface area (Å²) in [4.78, 5) is 32.3. The molecule has 0 amide bonds. The van der Waals surface area contributed by atoms with Gasteiger partial charge in [0.25, 0.3) is 23.4 Å². The van der Waals surface area contributed by atoms with Crippen molar-refractivity contribution in [3.63, 3.8) is 0 Å². The van der Waals surface area contributed by atoms with Gasteiger partial charge in [-0.15, -0.1) is 0 Å². The molecule has 0 atom stereocenters. The number of rotatable bonds is 7. The van der Waals surface area contributed by atoms with Crippen LogP contribution in [0.5, 0.6) is 0 Å². The van der Waals surface area contributed by atoms with E-state index in [0.717, 1.165) is 4.68 Å². The van der Waals surface area contributed by atoms with Crippen LogP contribution >= 0.6 is 15.9 Å². The fraction of sp³-hybridized carbons (Fsp3) is 0. The first-order chi connectivity index (χ1) is 17.2. The maximum absolute atomic E-state index is 12.0. The van der Waals surface area contributed by atoms with Gasteiger partial charge in [-0.2, -0.15) is 0 Å². The molecule has 0 saturated heterocycles. The van der Waals surface area contributed by atoms with E-state index in [1.165, 1.54) is 29.4 Å². The third-order valence-electron chi connectivity index (χ3n) is 5.08. The Bertz CT molecular complexity index is 1500. The molecule has 4 rings (SSSR count). The van der Waals surface area contributed by atoms with Crippen LogP contribution in [0.15, 0.2) is 83.9 Å². The molecular formula is C22H14BrN6O7+. The van der Waals surface area contributed by atoms with Crippen molar-refractivity contribution in [3.8, 4) is 5.69 Å². The van der Waals surface area contributed by atoms with Crippen LogP contribution in [0.25, 0.3) is 17.1 Å². The van der Waals surface area contributed by atoms with E-state index in [2.05, 4.69) is 21.0 Å². The van der Waals surface area contributed by atoms with Gasteiger partial charge in [-0.3, -0.25) is 30.3 Å². The summed E-state index contributed by atoms with van der Waals surface area (Å²) in [6.07, 6.45) is 2.70. The maximum atomic E-state index is 12.0. The van der Waals surface area contributed by atoms with E-state index in [1.807, 2.05) is 0 Å². The Morgan fingerprint density at radius 1 is 0.889 bits per heavy atom. The van der Waals surface area contributed by atoms with E-state index in [1.54, 1.807) is 42.5 Å². The zero-order chi connectivity index (χ0) is 26.0. The van der Waals surface area contributed by atoms with Gasteiger partial charge in [0.2, 0.25) is 12.0 Å². The Hall–Kier alpha value is -4.98. The SMILES string of the molecule is O=[N+]([O-])c1cc([N+](=O)[O-])c(/C(=C(\O)c2ccc(Br)cc2)n2c[n+](-c3ccccc3)cn2)c([N+](=O)[O-])c1. The smallest absolute Gasteiger partial charge is 0.294 e. The molecule has 1 aromatic heterocycles. The Morgan fingerprint density at radius 2 is 1.47 bits per heavy atom. The number of aliphatic hydroxyl groups is 1. The van der Waals surface area contributed by atoms with E-state index in [0.29, 0.717) is 22.3 Å². The van der Waals surface area contributed by atoms with E-state index >= 15 is 0 Å². The van der Waals surface area contributed by atoms with Crippen LogP contribution in [-0.4, -0.2) is 29.7 Å². The molecule has 0 aliphatic rings. The molecule has 0 unspecified atom stereocenters. The van der Waals surface area contributed by atoms with Gasteiger partial charge in [-0.1, -0.05) is 50.9 Å². The Kier molecular flexibility index (Phi) is 6.52. The van der Waals surface area contributed by atoms with Crippen LogP contribution in [0.2, 0.25) is 0 Å². The standard InChI is InChI=1S/C22H13BrN6O7/c23-15-8-6-14(7-9-15)22(30)21(26-13-25(12-24-26)16-4-2-1-3-5-16)20-18(28(33)34)10-17(27(31)32)11-19(20)29(35)36/h1-13H/p+1/b22-21+. The van der Waals surface area contributed by atoms with Crippen LogP contribution < -0.4 is 4.57 Å². The Balaban J connectivity index is 2.09. The first-order valence-electron chi connectivity index (χ1n) is 10.00. The van der Waals surface area contributed by atoms with Crippen LogP contribution in [0.3, 0.4) is 0 Å². The average molecular weight is 554 g/mol. The van der Waals surface area contributed by atoms with Gasteiger partial charge >= 0.3 is 0 Å². The minimum atomic E-state index is -0.987. The first kappa shape index (κ1) is 24.2. The molecule has 14 heteroatoms. The molecule has 0 radical (unpaired) electrons. The predicted octanol–water partition coefficient (Wildman–Crippen LogP) is 4.58. The Labute approximate surface area is 209 Å². The fourth-order valence-corrected chi connectivity index (χ4v) is 3.72. The molecule has 13 nitrogen and oxygen atoms in total. The van der Waals surface area contributed by atoms with Gasteiger partial charge in [0.05, 0.1) is 26.9 Å². The molecule has 3 aromatic carbocycles. The largest absolute Gasteiger partial charge is 0.504 e. The van der Waals surface area contributed by atoms with E-state index in [4.69, 9.17) is 0 Å². The van der Waals surface area contributed by atoms with Gasteiger partial charge < -0.3 is 5.11 Å². The van der Waals surface area contributed by atoms with Gasteiger partial charge in [0, 0.05) is 15.1 Å². The molecule has 0 fully saturated rings.